The van der Waals surface area contributed by atoms with E-state index in [9.17, 15) is 21.4 Å². The van der Waals surface area contributed by atoms with Gasteiger partial charge in [-0.3, -0.25) is 4.55 Å². The lowest BCUT2D eigenvalue weighted by Crippen LogP contribution is -3.11. The lowest BCUT2D eigenvalue weighted by molar-refractivity contribution is -0.894. The lowest BCUT2D eigenvalue weighted by Gasteiger charge is -2.21. The number of nitrogens with zero attached hydrogens (tertiary/aromatic N) is 2. The van der Waals surface area contributed by atoms with Gasteiger partial charge in [-0.1, -0.05) is 36.0 Å². The Labute approximate surface area is 248 Å². The highest BCUT2D eigenvalue weighted by Gasteiger charge is 2.25. The Morgan fingerprint density at radius 3 is 2.22 bits per heavy atom. The predicted molar refractivity (Wildman–Crippen MR) is 165 cm³/mol. The highest BCUT2D eigenvalue weighted by molar-refractivity contribution is 8.03. The Morgan fingerprint density at radius 1 is 0.927 bits per heavy atom. The molecule has 41 heavy (non-hydrogen) atoms. The van der Waals surface area contributed by atoms with Gasteiger partial charge in [0.15, 0.2) is 6.20 Å². The summed E-state index contributed by atoms with van der Waals surface area (Å²) in [5.74, 6) is -0.718. The van der Waals surface area contributed by atoms with Gasteiger partial charge in [-0.15, -0.1) is 0 Å². The van der Waals surface area contributed by atoms with E-state index in [1.165, 1.54) is 19.6 Å². The molecule has 0 aliphatic carbocycles. The summed E-state index contributed by atoms with van der Waals surface area (Å²) in [5, 5.41) is 1.90. The first kappa shape index (κ1) is 33.0. The number of hydrogen-bond acceptors (Lipinski definition) is 7. The summed E-state index contributed by atoms with van der Waals surface area (Å²) in [5.41, 5.74) is 2.86. The molecule has 0 atom stereocenters. The molecule has 2 heterocycles. The highest BCUT2D eigenvalue weighted by atomic mass is 32.2. The summed E-state index contributed by atoms with van der Waals surface area (Å²) in [6, 6.07) is 17.6. The first-order chi connectivity index (χ1) is 19.5. The van der Waals surface area contributed by atoms with E-state index in [0.29, 0.717) is 13.1 Å². The summed E-state index contributed by atoms with van der Waals surface area (Å²) in [6.45, 7) is 11.3. The van der Waals surface area contributed by atoms with Gasteiger partial charge in [0.2, 0.25) is 5.52 Å². The second-order valence-corrected chi connectivity index (χ2v) is 13.9. The number of benzene rings is 2. The third-order valence-corrected chi connectivity index (χ3v) is 9.66. The van der Waals surface area contributed by atoms with Crippen LogP contribution in [0.4, 0.5) is 5.69 Å². The Hall–Kier alpha value is -2.48. The van der Waals surface area contributed by atoms with Crippen molar-refractivity contribution in [1.82, 2.24) is 0 Å². The van der Waals surface area contributed by atoms with Gasteiger partial charge in [-0.2, -0.15) is 13.0 Å². The average Bonchev–Trinajstić information content (AvgIpc) is 3.27. The van der Waals surface area contributed by atoms with E-state index in [0.717, 1.165) is 32.1 Å². The van der Waals surface area contributed by atoms with Crippen molar-refractivity contribution in [2.24, 2.45) is 0 Å². The topological polar surface area (TPSA) is 123 Å². The Morgan fingerprint density at radius 2 is 1.59 bits per heavy atom. The summed E-state index contributed by atoms with van der Waals surface area (Å²) in [4.78, 5) is 4.77. The third kappa shape index (κ3) is 10.1. The van der Waals surface area contributed by atoms with E-state index in [2.05, 4.69) is 20.8 Å². The maximum absolute atomic E-state index is 11.1. The summed E-state index contributed by atoms with van der Waals surface area (Å²) in [6.07, 6.45) is 4.44. The maximum atomic E-state index is 11.1. The van der Waals surface area contributed by atoms with Crippen molar-refractivity contribution in [3.05, 3.63) is 71.4 Å². The Balaban J connectivity index is 0.000000587. The fourth-order valence-electron chi connectivity index (χ4n) is 4.72. The van der Waals surface area contributed by atoms with Crippen molar-refractivity contribution in [3.63, 3.8) is 0 Å². The quantitative estimate of drug-likeness (QED) is 0.233. The van der Waals surface area contributed by atoms with E-state index < -0.39 is 26.0 Å². The molecular formula is C29H40N3O6S3+. The van der Waals surface area contributed by atoms with Crippen molar-refractivity contribution < 1.29 is 35.4 Å². The third-order valence-electron chi connectivity index (χ3n) is 6.95. The van der Waals surface area contributed by atoms with Crippen LogP contribution in [0.3, 0.4) is 0 Å². The average molecular weight is 623 g/mol. The first-order valence-electron chi connectivity index (χ1n) is 13.8. The molecule has 0 fully saturated rings. The number of nitrogens with one attached hydrogen (secondary N) is 1. The molecule has 0 bridgehead atoms. The molecule has 2 N–H and O–H groups in total. The largest absolute Gasteiger partial charge is 0.748 e. The minimum Gasteiger partial charge on any atom is -0.748 e. The number of hydrogen-bond donors (Lipinski definition) is 2. The minimum atomic E-state index is -4.28. The van der Waals surface area contributed by atoms with Crippen LogP contribution in [0.15, 0.2) is 70.7 Å². The minimum absolute atomic E-state index is 0.224. The van der Waals surface area contributed by atoms with Gasteiger partial charge >= 0.3 is 0 Å². The monoisotopic (exact) mass is 622 g/mol. The number of aryl methyl sites for hydroxylation is 1. The van der Waals surface area contributed by atoms with Crippen LogP contribution in [0.1, 0.15) is 39.2 Å². The maximum Gasteiger partial charge on any atom is 0.265 e. The van der Waals surface area contributed by atoms with E-state index in [1.54, 1.807) is 16.7 Å². The number of rotatable bonds is 12. The van der Waals surface area contributed by atoms with Crippen LogP contribution in [0.5, 0.6) is 0 Å². The molecule has 1 aromatic heterocycles. The lowest BCUT2D eigenvalue weighted by atomic mass is 10.1. The molecule has 3 aromatic rings. The van der Waals surface area contributed by atoms with Crippen molar-refractivity contribution in [2.75, 3.05) is 42.6 Å². The molecule has 0 spiro atoms. The molecule has 9 nitrogen and oxygen atoms in total. The molecule has 0 amide bonds. The number of para-hydroxylation sites is 2. The SMILES string of the molecule is CC[NH+](CC)CC.O=S(=O)([O-])CCCN1/C(=C/c2cc[n+](CCCS(=O)(=O)O)c3ccccc23)Sc2ccccc21. The van der Waals surface area contributed by atoms with Gasteiger partial charge in [0.25, 0.3) is 10.1 Å². The van der Waals surface area contributed by atoms with E-state index in [1.807, 2.05) is 76.3 Å². The van der Waals surface area contributed by atoms with Crippen LogP contribution in [0, 0.1) is 0 Å². The first-order valence-corrected chi connectivity index (χ1v) is 17.9. The molecule has 2 aromatic carbocycles. The van der Waals surface area contributed by atoms with Crippen LogP contribution in [0.2, 0.25) is 0 Å². The number of pyridine rings is 1. The smallest absolute Gasteiger partial charge is 0.265 e. The number of fused-ring (bicyclic) bond motifs is 2. The van der Waals surface area contributed by atoms with Crippen LogP contribution in [-0.2, 0) is 26.8 Å². The fraction of sp³-hybridized carbons (Fsp3) is 0.414. The summed E-state index contributed by atoms with van der Waals surface area (Å²) < 4.78 is 66.4. The molecule has 1 aliphatic rings. The molecule has 0 saturated heterocycles. The molecule has 224 valence electrons. The van der Waals surface area contributed by atoms with E-state index in [4.69, 9.17) is 4.55 Å². The number of quaternary nitrogens is 1. The zero-order valence-corrected chi connectivity index (χ0v) is 26.3. The molecule has 1 aliphatic heterocycles. The van der Waals surface area contributed by atoms with Gasteiger partial charge in [-0.25, -0.2) is 8.42 Å². The number of anilines is 1. The molecule has 4 rings (SSSR count). The van der Waals surface area contributed by atoms with Gasteiger partial charge in [0.05, 0.1) is 51.6 Å². The zero-order chi connectivity index (χ0) is 30.0. The number of thioether (sulfide) groups is 1. The van der Waals surface area contributed by atoms with Crippen LogP contribution in [0.25, 0.3) is 17.0 Å². The Bertz CT molecular complexity index is 1550. The molecular weight excluding hydrogens is 583 g/mol. The van der Waals surface area contributed by atoms with Crippen LogP contribution in [-0.4, -0.2) is 63.6 Å². The van der Waals surface area contributed by atoms with Crippen molar-refractivity contribution in [1.29, 1.82) is 0 Å². The van der Waals surface area contributed by atoms with Crippen molar-refractivity contribution in [2.45, 2.75) is 45.1 Å². The summed E-state index contributed by atoms with van der Waals surface area (Å²) in [7, 11) is -8.29. The molecule has 12 heteroatoms. The second kappa shape index (κ2) is 15.1. The van der Waals surface area contributed by atoms with Crippen LogP contribution < -0.4 is 14.4 Å². The fourth-order valence-corrected chi connectivity index (χ4v) is 6.84. The van der Waals surface area contributed by atoms with Crippen molar-refractivity contribution in [3.8, 4) is 0 Å². The van der Waals surface area contributed by atoms with Crippen LogP contribution >= 0.6 is 11.8 Å². The predicted octanol–water partition coefficient (Wildman–Crippen LogP) is 3.18. The van der Waals surface area contributed by atoms with Gasteiger partial charge in [0.1, 0.15) is 6.54 Å². The normalized spacial score (nSPS) is 14.4. The van der Waals surface area contributed by atoms with Gasteiger partial charge in [-0.05, 0) is 57.0 Å². The summed E-state index contributed by atoms with van der Waals surface area (Å²) >= 11 is 1.58. The van der Waals surface area contributed by atoms with Gasteiger partial charge in [0, 0.05) is 35.7 Å². The zero-order valence-electron chi connectivity index (χ0n) is 23.8. The van der Waals surface area contributed by atoms with Crippen molar-refractivity contribution >= 4 is 54.7 Å². The van der Waals surface area contributed by atoms with E-state index in [-0.39, 0.29) is 18.6 Å². The Kier molecular flexibility index (Phi) is 12.2. The van der Waals surface area contributed by atoms with E-state index >= 15 is 0 Å². The second-order valence-electron chi connectivity index (χ2n) is 9.75. The molecule has 0 radical (unpaired) electrons. The number of aromatic nitrogens is 1. The van der Waals surface area contributed by atoms with Gasteiger partial charge < -0.3 is 14.4 Å². The standard InChI is InChI=1S/C23H24N2O6S3.C6H15N/c26-33(27,28)15-5-12-24-14-11-18(19-7-1-2-8-20(19)24)17-23-25(13-6-16-34(29,30)31)21-9-3-4-10-22(21)32-23;1-4-7(5-2)6-3/h1-4,7-11,14,17H,5-6,12-13,15-16H2,(H-,26,27,28,29,30,31);4-6H2,1-3H3/p+1. The molecule has 0 unspecified atom stereocenters. The highest BCUT2D eigenvalue weighted by Crippen LogP contribution is 2.46. The molecule has 0 saturated carbocycles.